The maximum atomic E-state index is 15.5. The minimum atomic E-state index is -3.01. The van der Waals surface area contributed by atoms with Crippen LogP contribution in [0.5, 0.6) is 11.5 Å². The van der Waals surface area contributed by atoms with Crippen molar-refractivity contribution in [1.82, 2.24) is 0 Å². The number of rotatable bonds is 14. The van der Waals surface area contributed by atoms with Gasteiger partial charge in [-0.25, -0.2) is 46.7 Å². The topological polar surface area (TPSA) is 278 Å². The maximum absolute atomic E-state index is 15.5. The van der Waals surface area contributed by atoms with Crippen LogP contribution in [-0.4, -0.2) is 46.9 Å². The number of hydrogen-bond donors (Lipinski definition) is 0. The summed E-state index contributed by atoms with van der Waals surface area (Å²) in [6.07, 6.45) is 0. The molecule has 0 atom stereocenters. The number of ether oxygens (including phenoxy) is 6. The van der Waals surface area contributed by atoms with Crippen molar-refractivity contribution in [2.24, 2.45) is 9.98 Å². The van der Waals surface area contributed by atoms with E-state index in [4.69, 9.17) is 28.4 Å². The summed E-state index contributed by atoms with van der Waals surface area (Å²) in [4.78, 5) is 99.8. The second kappa shape index (κ2) is 25.0. The highest BCUT2D eigenvalue weighted by atomic mass is 32.1. The van der Waals surface area contributed by atoms with Crippen LogP contribution in [0.25, 0.3) is 32.0 Å². The fraction of sp³-hybridized carbons (Fsp3) is 0.0833. The van der Waals surface area contributed by atoms with Gasteiger partial charge >= 0.3 is 35.1 Å². The van der Waals surface area contributed by atoms with Crippen molar-refractivity contribution in [3.05, 3.63) is 260 Å². The minimum Gasteiger partial charge on any atom is -0.459 e. The van der Waals surface area contributed by atoms with E-state index in [0.717, 1.165) is 12.1 Å². The summed E-state index contributed by atoms with van der Waals surface area (Å²) in [7, 11) is 0. The van der Waals surface area contributed by atoms with E-state index in [1.165, 1.54) is 12.1 Å². The third-order valence-electron chi connectivity index (χ3n) is 15.7. The summed E-state index contributed by atoms with van der Waals surface area (Å²) in [5.41, 5.74) is -10.4. The van der Waals surface area contributed by atoms with Crippen LogP contribution >= 0.6 is 22.7 Å². The first-order valence-corrected chi connectivity index (χ1v) is 30.2. The lowest BCUT2D eigenvalue weighted by Gasteiger charge is -2.37. The molecule has 0 radical (unpaired) electrons. The van der Waals surface area contributed by atoms with Gasteiger partial charge in [0, 0.05) is 65.4 Å². The lowest BCUT2D eigenvalue weighted by Crippen LogP contribution is -2.52. The zero-order valence-corrected chi connectivity index (χ0v) is 50.5. The zero-order chi connectivity index (χ0) is 67.2. The Morgan fingerprint density at radius 2 is 0.688 bits per heavy atom. The van der Waals surface area contributed by atoms with Crippen molar-refractivity contribution in [2.75, 3.05) is 0 Å². The summed E-state index contributed by atoms with van der Waals surface area (Å²) in [6, 6.07) is 47.2. The number of allylic oxidation sites excluding steroid dienone is 4. The van der Waals surface area contributed by atoms with Gasteiger partial charge in [-0.2, -0.15) is 21.0 Å². The van der Waals surface area contributed by atoms with E-state index in [0.29, 0.717) is 69.2 Å². The Kier molecular flexibility index (Phi) is 16.2. The molecule has 4 aliphatic rings. The molecule has 0 bridgehead atoms. The van der Waals surface area contributed by atoms with Crippen LogP contribution in [0.1, 0.15) is 65.2 Å². The number of thiophene rings is 2. The number of nitrogens with zero attached hydrogens (tertiary/aromatic N) is 6. The van der Waals surface area contributed by atoms with Crippen LogP contribution in [-0.2, 0) is 75.8 Å². The molecule has 0 saturated heterocycles. The van der Waals surface area contributed by atoms with E-state index in [-0.39, 0.29) is 64.6 Å². The summed E-state index contributed by atoms with van der Waals surface area (Å²) in [5.74, 6) is -14.0. The number of benzene rings is 7. The van der Waals surface area contributed by atoms with E-state index in [9.17, 15) is 39.4 Å². The molecule has 2 aliphatic heterocycles. The van der Waals surface area contributed by atoms with Gasteiger partial charge in [-0.05, 0) is 70.8 Å². The number of carbonyl (C=O) groups is 6. The van der Waals surface area contributed by atoms with Crippen molar-refractivity contribution in [3.63, 3.8) is 0 Å². The van der Waals surface area contributed by atoms with Gasteiger partial charge in [0.1, 0.15) is 94.8 Å². The zero-order valence-electron chi connectivity index (χ0n) is 48.9. The minimum absolute atomic E-state index is 0.0769. The number of hydrogen-bond acceptors (Lipinski definition) is 20. The number of esters is 4. The van der Waals surface area contributed by atoms with E-state index in [1.807, 2.05) is 0 Å². The summed E-state index contributed by atoms with van der Waals surface area (Å²) in [5, 5.41) is 40.2. The van der Waals surface area contributed by atoms with Gasteiger partial charge in [-0.3, -0.25) is 9.59 Å². The van der Waals surface area contributed by atoms with E-state index >= 15 is 28.0 Å². The first kappa shape index (κ1) is 62.1. The third kappa shape index (κ3) is 10.7. The van der Waals surface area contributed by atoms with Crippen LogP contribution < -0.4 is 9.47 Å². The van der Waals surface area contributed by atoms with Crippen LogP contribution in [0.4, 0.5) is 27.6 Å². The highest BCUT2D eigenvalue weighted by Crippen LogP contribution is 2.59. The first-order chi connectivity index (χ1) is 46.5. The normalized spacial score (nSPS) is 14.7. The predicted molar refractivity (Wildman–Crippen MR) is 334 cm³/mol. The molecule has 466 valence electrons. The van der Waals surface area contributed by atoms with E-state index in [1.54, 1.807) is 146 Å². The van der Waals surface area contributed by atoms with Gasteiger partial charge in [0.05, 0.1) is 0 Å². The van der Waals surface area contributed by atoms with Crippen molar-refractivity contribution in [2.45, 2.75) is 37.6 Å². The fourth-order valence-electron chi connectivity index (χ4n) is 11.2. The van der Waals surface area contributed by atoms with Gasteiger partial charge in [-0.15, -0.1) is 22.7 Å². The van der Waals surface area contributed by atoms with E-state index in [2.05, 4.69) is 9.98 Å². The Bertz CT molecular complexity index is 4730. The Balaban J connectivity index is 1.06. The molecule has 2 aliphatic carbocycles. The molecule has 13 rings (SSSR count). The highest BCUT2D eigenvalue weighted by molar-refractivity contribution is 7.20. The molecule has 2 aromatic heterocycles. The third-order valence-corrected chi connectivity index (χ3v) is 17.9. The molecule has 0 spiro atoms. The number of fused-ring (bicyclic) bond motifs is 8. The number of carbonyl (C=O) groups excluding carboxylic acids is 6. The number of Topliss-reactive ketones (excluding diaryl/α,β-unsaturated/α-hetero) is 2. The lowest BCUT2D eigenvalue weighted by atomic mass is 9.85. The number of ketones is 2. The van der Waals surface area contributed by atoms with Gasteiger partial charge in [0.2, 0.25) is 11.6 Å². The Morgan fingerprint density at radius 1 is 0.406 bits per heavy atom. The van der Waals surface area contributed by atoms with Crippen molar-refractivity contribution in [1.29, 1.82) is 21.0 Å². The van der Waals surface area contributed by atoms with E-state index < -0.39 is 141 Å². The molecule has 0 fully saturated rings. The van der Waals surface area contributed by atoms with Crippen molar-refractivity contribution >= 4 is 90.7 Å². The van der Waals surface area contributed by atoms with Crippen molar-refractivity contribution < 1.29 is 74.8 Å². The van der Waals surface area contributed by atoms with Crippen LogP contribution in [0.15, 0.2) is 191 Å². The molecule has 24 heteroatoms. The molecule has 96 heavy (non-hydrogen) atoms. The average Bonchev–Trinajstić information content (AvgIpc) is 1.33. The highest BCUT2D eigenvalue weighted by Gasteiger charge is 2.61. The maximum Gasteiger partial charge on any atom is 0.367 e. The van der Waals surface area contributed by atoms with Crippen LogP contribution in [0.2, 0.25) is 0 Å². The number of halogens is 4. The molecule has 0 saturated carbocycles. The van der Waals surface area contributed by atoms with Gasteiger partial charge in [0.15, 0.2) is 23.3 Å². The second-order valence-corrected chi connectivity index (χ2v) is 23.5. The van der Waals surface area contributed by atoms with Crippen LogP contribution in [0, 0.1) is 68.6 Å². The largest absolute Gasteiger partial charge is 0.459 e. The fourth-order valence-corrected chi connectivity index (χ4v) is 13.4. The lowest BCUT2D eigenvalue weighted by molar-refractivity contribution is -0.185. The summed E-state index contributed by atoms with van der Waals surface area (Å²) < 4.78 is 97.4. The molecule has 4 heterocycles. The predicted octanol–water partition coefficient (Wildman–Crippen LogP) is 13.4. The smallest absolute Gasteiger partial charge is 0.367 e. The molecule has 18 nitrogen and oxygen atoms in total. The molecule has 0 amide bonds. The first-order valence-electron chi connectivity index (χ1n) is 28.5. The average molecular weight is 1320 g/mol. The summed E-state index contributed by atoms with van der Waals surface area (Å²) >= 11 is 1.35. The van der Waals surface area contributed by atoms with Gasteiger partial charge < -0.3 is 28.4 Å². The monoisotopic (exact) mass is 1320 g/mol. The Labute approximate surface area is 547 Å². The molecule has 0 unspecified atom stereocenters. The SMILES string of the molecule is N#CC(C#N)=C1C(=Nc2cc3c(s2)-c2cc4c(cc2OC3(C(=O)OCc2ccccc2)C(=O)OCc2ccccc2)-c2sc(N=C3C(=O)c5cc(F)c(F)cc5C3=C(C#N)C#N)cc2C(C(=O)OCc2ccccc2)(C(=O)OCc2ccccc2)O4)C(=O)c2cc(F)c(F)cc21. The van der Waals surface area contributed by atoms with Gasteiger partial charge in [-0.1, -0.05) is 121 Å². The molecular formula is C72H36F4N6O12S2. The Hall–Kier alpha value is -12.7. The number of aliphatic imine (C=N–C) groups is 2. The molecule has 9 aromatic rings. The van der Waals surface area contributed by atoms with Crippen molar-refractivity contribution in [3.8, 4) is 56.7 Å². The molecule has 7 aromatic carbocycles. The summed E-state index contributed by atoms with van der Waals surface area (Å²) in [6.45, 7) is -1.83. The quantitative estimate of drug-likeness (QED) is 0.0321. The second-order valence-electron chi connectivity index (χ2n) is 21.5. The number of nitriles is 4. The van der Waals surface area contributed by atoms with Crippen LogP contribution in [0.3, 0.4) is 0 Å². The standard InChI is InChI=1S/C72H36F4N6O12S2/c73-51-21-43-45(23-53(51)75)63(83)61(59(43)41(29-77)30-78)81-57-27-49-65(95-57)47-26-56-48(25-55(47)93-71(49,67(85)89-33-37-13-5-1-6-14-37)68(86)90-34-38-15-7-2-8-16-38)66-50(28-58(96-66)82-62-60(42(31-79)32-80)44-22-52(74)54(76)24-46(44)64(62)84)72(94-56,69(87)91-35-39-17-9-3-10-18-39)70(88)92-36-40-19-11-4-12-20-40/h1-28H,33-36H2. The molecular weight excluding hydrogens is 1280 g/mol. The van der Waals surface area contributed by atoms with Gasteiger partial charge in [0.25, 0.3) is 0 Å². The molecule has 0 N–H and O–H groups in total. The Morgan fingerprint density at radius 3 is 0.969 bits per heavy atom.